The molecule has 0 saturated carbocycles. The average molecular weight is 578 g/mol. The highest BCUT2D eigenvalue weighted by atomic mass is 32.2. The summed E-state index contributed by atoms with van der Waals surface area (Å²) in [5.74, 6) is -0.193. The van der Waals surface area contributed by atoms with Crippen LogP contribution in [0.1, 0.15) is 57.2 Å². The van der Waals surface area contributed by atoms with E-state index in [9.17, 15) is 18.0 Å². The van der Waals surface area contributed by atoms with E-state index in [2.05, 4.69) is 19.2 Å². The second-order valence-corrected chi connectivity index (χ2v) is 13.1. The third kappa shape index (κ3) is 8.67. The number of carbonyl (C=O) groups is 2. The summed E-state index contributed by atoms with van der Waals surface area (Å²) >= 11 is 0. The van der Waals surface area contributed by atoms with Crippen molar-refractivity contribution in [2.75, 3.05) is 23.9 Å². The van der Waals surface area contributed by atoms with Gasteiger partial charge in [0, 0.05) is 13.1 Å². The maximum atomic E-state index is 14.0. The molecular formula is C33H43N3O4S. The van der Waals surface area contributed by atoms with Gasteiger partial charge in [0.25, 0.3) is 10.0 Å². The van der Waals surface area contributed by atoms with Gasteiger partial charge in [-0.2, -0.15) is 0 Å². The van der Waals surface area contributed by atoms with E-state index < -0.39 is 28.5 Å². The summed E-state index contributed by atoms with van der Waals surface area (Å²) in [5.41, 5.74) is 3.41. The van der Waals surface area contributed by atoms with Crippen LogP contribution in [0.15, 0.2) is 83.8 Å². The van der Waals surface area contributed by atoms with Crippen LogP contribution in [-0.2, 0) is 26.0 Å². The van der Waals surface area contributed by atoms with Crippen LogP contribution in [0.4, 0.5) is 5.69 Å². The third-order valence-electron chi connectivity index (χ3n) is 7.07. The van der Waals surface area contributed by atoms with Crippen LogP contribution in [0.2, 0.25) is 0 Å². The topological polar surface area (TPSA) is 86.8 Å². The summed E-state index contributed by atoms with van der Waals surface area (Å²) in [5, 5.41) is 2.91. The van der Waals surface area contributed by atoms with Crippen LogP contribution < -0.4 is 9.62 Å². The summed E-state index contributed by atoms with van der Waals surface area (Å²) in [6.07, 6.45) is 0.530. The lowest BCUT2D eigenvalue weighted by Crippen LogP contribution is -2.52. The van der Waals surface area contributed by atoms with Crippen LogP contribution in [0.3, 0.4) is 0 Å². The Labute approximate surface area is 245 Å². The molecule has 8 heteroatoms. The quantitative estimate of drug-likeness (QED) is 0.289. The molecule has 0 radical (unpaired) electrons. The molecule has 1 atom stereocenters. The summed E-state index contributed by atoms with van der Waals surface area (Å²) in [7, 11) is -4.08. The lowest BCUT2D eigenvalue weighted by Gasteiger charge is -2.32. The van der Waals surface area contributed by atoms with Gasteiger partial charge in [0.1, 0.15) is 12.6 Å². The van der Waals surface area contributed by atoms with E-state index in [1.165, 1.54) is 4.90 Å². The standard InChI is InChI=1S/C33H43N3O4S/c1-24(2)22-34-33(38)27(6)35(21-20-28-10-8-7-9-11-28)32(37)23-36(30-16-14-29(15-17-30)25(3)4)41(39,40)31-18-12-26(5)13-19-31/h7-19,24-25,27H,20-23H2,1-6H3,(H,34,38)/t27-/m1/s1. The number of rotatable bonds is 13. The zero-order valence-corrected chi connectivity index (χ0v) is 25.8. The molecule has 0 aliphatic heterocycles. The van der Waals surface area contributed by atoms with Gasteiger partial charge in [-0.1, -0.05) is 87.9 Å². The Hall–Kier alpha value is -3.65. The number of amides is 2. The van der Waals surface area contributed by atoms with Gasteiger partial charge in [0.2, 0.25) is 11.8 Å². The number of aryl methyl sites for hydroxylation is 1. The molecule has 3 aromatic rings. The molecule has 3 aromatic carbocycles. The number of nitrogens with one attached hydrogen (secondary N) is 1. The van der Waals surface area contributed by atoms with Crippen LogP contribution in [0.25, 0.3) is 0 Å². The van der Waals surface area contributed by atoms with E-state index in [0.717, 1.165) is 21.0 Å². The smallest absolute Gasteiger partial charge is 0.264 e. The van der Waals surface area contributed by atoms with Gasteiger partial charge >= 0.3 is 0 Å². The van der Waals surface area contributed by atoms with Crippen LogP contribution >= 0.6 is 0 Å². The van der Waals surface area contributed by atoms with Crippen LogP contribution in [-0.4, -0.2) is 50.8 Å². The van der Waals surface area contributed by atoms with E-state index in [-0.39, 0.29) is 29.2 Å². The lowest BCUT2D eigenvalue weighted by atomic mass is 10.0. The summed E-state index contributed by atoms with van der Waals surface area (Å²) in [6, 6.07) is 22.8. The molecule has 3 rings (SSSR count). The van der Waals surface area contributed by atoms with Gasteiger partial charge in [0.05, 0.1) is 10.6 Å². The number of benzene rings is 3. The van der Waals surface area contributed by atoms with Crippen molar-refractivity contribution in [3.05, 3.63) is 95.6 Å². The fourth-order valence-electron chi connectivity index (χ4n) is 4.41. The minimum Gasteiger partial charge on any atom is -0.354 e. The van der Waals surface area contributed by atoms with Crippen LogP contribution in [0.5, 0.6) is 0 Å². The molecule has 0 bridgehead atoms. The van der Waals surface area contributed by atoms with Crippen molar-refractivity contribution in [2.24, 2.45) is 5.92 Å². The second-order valence-electron chi connectivity index (χ2n) is 11.2. The molecule has 0 unspecified atom stereocenters. The Balaban J connectivity index is 1.98. The number of sulfonamides is 1. The molecule has 0 aliphatic rings. The molecule has 0 fully saturated rings. The molecule has 0 spiro atoms. The molecule has 7 nitrogen and oxygen atoms in total. The highest BCUT2D eigenvalue weighted by Crippen LogP contribution is 2.26. The Kier molecular flexibility index (Phi) is 11.1. The highest BCUT2D eigenvalue weighted by molar-refractivity contribution is 7.92. The maximum absolute atomic E-state index is 14.0. The van der Waals surface area contributed by atoms with Crippen molar-refractivity contribution in [3.8, 4) is 0 Å². The Morgan fingerprint density at radius 2 is 1.44 bits per heavy atom. The SMILES string of the molecule is Cc1ccc(S(=O)(=O)N(CC(=O)N(CCc2ccccc2)[C@H](C)C(=O)NCC(C)C)c2ccc(C(C)C)cc2)cc1. The molecule has 0 aliphatic carbocycles. The third-order valence-corrected chi connectivity index (χ3v) is 8.86. The molecule has 0 heterocycles. The molecular weight excluding hydrogens is 534 g/mol. The normalized spacial score (nSPS) is 12.3. The lowest BCUT2D eigenvalue weighted by molar-refractivity contribution is -0.138. The first kappa shape index (κ1) is 31.9. The van der Waals surface area contributed by atoms with Crippen molar-refractivity contribution in [2.45, 2.75) is 64.8 Å². The molecule has 220 valence electrons. The van der Waals surface area contributed by atoms with Gasteiger partial charge in [-0.05, 0) is 67.5 Å². The first-order valence-corrected chi connectivity index (χ1v) is 15.6. The monoisotopic (exact) mass is 577 g/mol. The van der Waals surface area contributed by atoms with E-state index in [1.807, 2.05) is 63.2 Å². The number of nitrogens with zero attached hydrogens (tertiary/aromatic N) is 2. The average Bonchev–Trinajstić information content (AvgIpc) is 2.95. The first-order valence-electron chi connectivity index (χ1n) is 14.2. The molecule has 1 N–H and O–H groups in total. The van der Waals surface area contributed by atoms with Gasteiger partial charge in [-0.15, -0.1) is 0 Å². The van der Waals surface area contributed by atoms with Gasteiger partial charge in [-0.3, -0.25) is 13.9 Å². The number of anilines is 1. The fourth-order valence-corrected chi connectivity index (χ4v) is 5.83. The van der Waals surface area contributed by atoms with E-state index >= 15 is 0 Å². The zero-order valence-electron chi connectivity index (χ0n) is 25.0. The Morgan fingerprint density at radius 3 is 2.00 bits per heavy atom. The molecule has 0 aromatic heterocycles. The number of carbonyl (C=O) groups excluding carboxylic acids is 2. The summed E-state index contributed by atoms with van der Waals surface area (Å²) in [6.45, 7) is 12.0. The molecule has 41 heavy (non-hydrogen) atoms. The molecule has 2 amide bonds. The number of hydrogen-bond donors (Lipinski definition) is 1. The first-order chi connectivity index (χ1) is 19.4. The van der Waals surface area contributed by atoms with E-state index in [0.29, 0.717) is 18.7 Å². The minimum atomic E-state index is -4.08. The van der Waals surface area contributed by atoms with Gasteiger partial charge < -0.3 is 10.2 Å². The Bertz CT molecular complexity index is 1390. The maximum Gasteiger partial charge on any atom is 0.264 e. The highest BCUT2D eigenvalue weighted by Gasteiger charge is 2.32. The predicted octanol–water partition coefficient (Wildman–Crippen LogP) is 5.55. The van der Waals surface area contributed by atoms with Gasteiger partial charge in [0.15, 0.2) is 0 Å². The van der Waals surface area contributed by atoms with Crippen molar-refractivity contribution in [1.29, 1.82) is 0 Å². The summed E-state index contributed by atoms with van der Waals surface area (Å²) in [4.78, 5) is 28.6. The minimum absolute atomic E-state index is 0.0994. The van der Waals surface area contributed by atoms with Crippen molar-refractivity contribution in [1.82, 2.24) is 10.2 Å². The number of hydrogen-bond acceptors (Lipinski definition) is 4. The van der Waals surface area contributed by atoms with Crippen LogP contribution in [0, 0.1) is 12.8 Å². The summed E-state index contributed by atoms with van der Waals surface area (Å²) < 4.78 is 29.1. The largest absolute Gasteiger partial charge is 0.354 e. The Morgan fingerprint density at radius 1 is 0.829 bits per heavy atom. The van der Waals surface area contributed by atoms with Crippen molar-refractivity contribution in [3.63, 3.8) is 0 Å². The van der Waals surface area contributed by atoms with Gasteiger partial charge in [-0.25, -0.2) is 8.42 Å². The second kappa shape index (κ2) is 14.3. The predicted molar refractivity (Wildman–Crippen MR) is 165 cm³/mol. The fraction of sp³-hybridized carbons (Fsp3) is 0.394. The van der Waals surface area contributed by atoms with E-state index in [4.69, 9.17) is 0 Å². The van der Waals surface area contributed by atoms with E-state index in [1.54, 1.807) is 43.3 Å². The zero-order chi connectivity index (χ0) is 30.2. The molecule has 0 saturated heterocycles. The van der Waals surface area contributed by atoms with Crippen molar-refractivity contribution < 1.29 is 18.0 Å². The van der Waals surface area contributed by atoms with Crippen molar-refractivity contribution >= 4 is 27.5 Å².